The first-order valence-corrected chi connectivity index (χ1v) is 4.93. The highest BCUT2D eigenvalue weighted by molar-refractivity contribution is 6.62. The van der Waals surface area contributed by atoms with Crippen LogP contribution >= 0.6 is 0 Å². The van der Waals surface area contributed by atoms with Gasteiger partial charge in [0.15, 0.2) is 0 Å². The zero-order chi connectivity index (χ0) is 12.9. The molecule has 0 amide bonds. The number of aliphatic hydroxyl groups is 1. The summed E-state index contributed by atoms with van der Waals surface area (Å²) in [6, 6.07) is 0. The van der Waals surface area contributed by atoms with Crippen molar-refractivity contribution in [2.75, 3.05) is 6.61 Å². The molecule has 0 aliphatic carbocycles. The minimum atomic E-state index is -1.28. The second kappa shape index (κ2) is 5.53. The van der Waals surface area contributed by atoms with Crippen molar-refractivity contribution in [1.29, 1.82) is 5.53 Å². The first-order chi connectivity index (χ1) is 7.25. The topological polar surface area (TPSA) is 102 Å². The predicted molar refractivity (Wildman–Crippen MR) is 55.1 cm³/mol. The van der Waals surface area contributed by atoms with Gasteiger partial charge in [-0.2, -0.15) is 0 Å². The quantitative estimate of drug-likeness (QED) is 0.231. The number of carbonyl (C=O) groups excluding carboxylic acids is 2. The van der Waals surface area contributed by atoms with E-state index in [4.69, 9.17) is 5.53 Å². The molecule has 0 rings (SSSR count). The Balaban J connectivity index is 4.97. The fourth-order valence-electron chi connectivity index (χ4n) is 0.927. The van der Waals surface area contributed by atoms with Gasteiger partial charge in [-0.3, -0.25) is 4.79 Å². The average molecular weight is 229 g/mol. The first-order valence-electron chi connectivity index (χ1n) is 4.93. The van der Waals surface area contributed by atoms with Crippen molar-refractivity contribution in [2.45, 2.75) is 33.3 Å². The summed E-state index contributed by atoms with van der Waals surface area (Å²) < 4.78 is 4.59. The Kier molecular flexibility index (Phi) is 5.01. The second-order valence-corrected chi connectivity index (χ2v) is 3.92. The van der Waals surface area contributed by atoms with Gasteiger partial charge in [0.2, 0.25) is 0 Å². The Morgan fingerprint density at radius 2 is 2.00 bits per heavy atom. The maximum absolute atomic E-state index is 11.7. The molecule has 1 atom stereocenters. The number of carbonyl (C=O) groups is 2. The Hall–Kier alpha value is -1.52. The van der Waals surface area contributed by atoms with E-state index < -0.39 is 29.0 Å². The molecule has 0 aromatic carbocycles. The standard InChI is InChI=1S/C10H17N2O4/c1-5-16-9(14)7(12-11)8(13)6(2)10(3,4)15/h6,11,15H,5H2,1-4H3/q+1. The number of Topliss-reactive ketones (excluding diaryl/α,β-unsaturated/α-hetero) is 1. The van der Waals surface area contributed by atoms with Crippen LogP contribution in [0, 0.1) is 11.4 Å². The summed E-state index contributed by atoms with van der Waals surface area (Å²) >= 11 is 0. The Bertz CT molecular complexity index is 337. The highest BCUT2D eigenvalue weighted by atomic mass is 16.5. The van der Waals surface area contributed by atoms with E-state index >= 15 is 0 Å². The number of ketones is 1. The van der Waals surface area contributed by atoms with Gasteiger partial charge >= 0.3 is 11.7 Å². The largest absolute Gasteiger partial charge is 0.490 e. The van der Waals surface area contributed by atoms with E-state index in [2.05, 4.69) is 9.53 Å². The van der Waals surface area contributed by atoms with Crippen LogP contribution in [0.1, 0.15) is 27.7 Å². The van der Waals surface area contributed by atoms with Gasteiger partial charge in [0, 0.05) is 0 Å². The zero-order valence-electron chi connectivity index (χ0n) is 9.90. The highest BCUT2D eigenvalue weighted by Crippen LogP contribution is 2.17. The molecule has 0 aliphatic heterocycles. The number of nitrogens with one attached hydrogen (secondary N) is 1. The molecular formula is C10H17N2O4+. The molecule has 0 saturated carbocycles. The summed E-state index contributed by atoms with van der Waals surface area (Å²) in [7, 11) is 0. The predicted octanol–water partition coefficient (Wildman–Crippen LogP) is 0.206. The Labute approximate surface area is 93.8 Å². The van der Waals surface area contributed by atoms with Crippen LogP contribution in [0.2, 0.25) is 0 Å². The molecule has 2 N–H and O–H groups in total. The van der Waals surface area contributed by atoms with E-state index in [-0.39, 0.29) is 6.61 Å². The molecule has 0 spiro atoms. The van der Waals surface area contributed by atoms with Gasteiger partial charge < -0.3 is 9.84 Å². The lowest BCUT2D eigenvalue weighted by Crippen LogP contribution is -2.41. The number of esters is 1. The Morgan fingerprint density at radius 1 is 1.50 bits per heavy atom. The van der Waals surface area contributed by atoms with Crippen LogP contribution in [0.3, 0.4) is 0 Å². The number of ether oxygens (including phenoxy) is 1. The maximum atomic E-state index is 11.7. The van der Waals surface area contributed by atoms with Crippen LogP contribution in [0.4, 0.5) is 0 Å². The molecule has 16 heavy (non-hydrogen) atoms. The van der Waals surface area contributed by atoms with E-state index in [0.29, 0.717) is 0 Å². The SMILES string of the molecule is CCOC(=O)C(=[N+]=N)C(=O)C(C)C(C)(C)O. The van der Waals surface area contributed by atoms with Crippen LogP contribution in [0.15, 0.2) is 0 Å². The van der Waals surface area contributed by atoms with Crippen molar-refractivity contribution in [1.82, 2.24) is 0 Å². The first kappa shape index (κ1) is 14.5. The number of hydrogen-bond acceptors (Lipinski definition) is 5. The number of hydrogen-bond donors (Lipinski definition) is 2. The summed E-state index contributed by atoms with van der Waals surface area (Å²) in [5.74, 6) is -2.46. The second-order valence-electron chi connectivity index (χ2n) is 3.92. The summed E-state index contributed by atoms with van der Waals surface area (Å²) in [4.78, 5) is 25.9. The average Bonchev–Trinajstić information content (AvgIpc) is 2.16. The smallest absolute Gasteiger partial charge is 0.457 e. The van der Waals surface area contributed by atoms with Gasteiger partial charge in [0.1, 0.15) is 0 Å². The van der Waals surface area contributed by atoms with Gasteiger partial charge in [-0.1, -0.05) is 6.92 Å². The van der Waals surface area contributed by atoms with Crippen LogP contribution in [0.5, 0.6) is 0 Å². The van der Waals surface area contributed by atoms with Gasteiger partial charge in [-0.05, 0) is 20.8 Å². The molecule has 0 bridgehead atoms. The maximum Gasteiger partial charge on any atom is 0.490 e. The van der Waals surface area contributed by atoms with Crippen LogP contribution in [-0.4, -0.2) is 39.6 Å². The lowest BCUT2D eigenvalue weighted by atomic mass is 9.87. The van der Waals surface area contributed by atoms with E-state index in [1.54, 1.807) is 6.92 Å². The van der Waals surface area contributed by atoms with E-state index in [0.717, 1.165) is 0 Å². The van der Waals surface area contributed by atoms with E-state index in [1.807, 2.05) is 0 Å². The summed E-state index contributed by atoms with van der Waals surface area (Å²) in [5, 5.41) is 9.62. The number of rotatable bonds is 5. The minimum Gasteiger partial charge on any atom is -0.457 e. The molecule has 0 aromatic rings. The summed E-state index contributed by atoms with van der Waals surface area (Å²) in [6.45, 7) is 6.04. The molecule has 0 aliphatic rings. The molecule has 90 valence electrons. The lowest BCUT2D eigenvalue weighted by molar-refractivity contribution is -0.158. The van der Waals surface area contributed by atoms with Crippen molar-refractivity contribution in [3.63, 3.8) is 0 Å². The van der Waals surface area contributed by atoms with Crippen molar-refractivity contribution < 1.29 is 24.2 Å². The molecular weight excluding hydrogens is 212 g/mol. The van der Waals surface area contributed by atoms with Crippen molar-refractivity contribution in [2.24, 2.45) is 5.92 Å². The fourth-order valence-corrected chi connectivity index (χ4v) is 0.927. The van der Waals surface area contributed by atoms with Crippen molar-refractivity contribution in [3.05, 3.63) is 0 Å². The third-order valence-corrected chi connectivity index (χ3v) is 2.27. The highest BCUT2D eigenvalue weighted by Gasteiger charge is 2.42. The number of nitrogens with zero attached hydrogens (tertiary/aromatic N) is 1. The zero-order valence-corrected chi connectivity index (χ0v) is 9.90. The molecule has 0 heterocycles. The van der Waals surface area contributed by atoms with Crippen molar-refractivity contribution >= 4 is 17.5 Å². The summed E-state index contributed by atoms with van der Waals surface area (Å²) in [5.41, 5.74) is 4.92. The normalized spacial score (nSPS) is 12.6. The summed E-state index contributed by atoms with van der Waals surface area (Å²) in [6.07, 6.45) is 0. The molecule has 6 heteroatoms. The lowest BCUT2D eigenvalue weighted by Gasteiger charge is -2.22. The Morgan fingerprint density at radius 3 is 2.31 bits per heavy atom. The van der Waals surface area contributed by atoms with Crippen LogP contribution in [0.25, 0.3) is 0 Å². The third-order valence-electron chi connectivity index (χ3n) is 2.27. The van der Waals surface area contributed by atoms with Crippen molar-refractivity contribution in [3.8, 4) is 0 Å². The molecule has 0 fully saturated rings. The van der Waals surface area contributed by atoms with Crippen LogP contribution < -0.4 is 0 Å². The fraction of sp³-hybridized carbons (Fsp3) is 0.700. The van der Waals surface area contributed by atoms with E-state index in [9.17, 15) is 14.7 Å². The third kappa shape index (κ3) is 3.56. The minimum absolute atomic E-state index is 0.0992. The van der Waals surface area contributed by atoms with Gasteiger partial charge in [0.25, 0.3) is 5.78 Å². The molecule has 6 nitrogen and oxygen atoms in total. The van der Waals surface area contributed by atoms with Gasteiger partial charge in [0.05, 0.1) is 28.4 Å². The van der Waals surface area contributed by atoms with Gasteiger partial charge in [-0.15, -0.1) is 0 Å². The van der Waals surface area contributed by atoms with Gasteiger partial charge in [-0.25, -0.2) is 4.79 Å². The van der Waals surface area contributed by atoms with Crippen LogP contribution in [-0.2, 0) is 14.3 Å². The van der Waals surface area contributed by atoms with E-state index in [1.165, 1.54) is 20.8 Å². The molecule has 0 saturated heterocycles. The molecule has 0 aromatic heterocycles. The molecule has 0 radical (unpaired) electrons. The monoisotopic (exact) mass is 229 g/mol. The molecule has 1 unspecified atom stereocenters.